The first-order valence-corrected chi connectivity index (χ1v) is 7.18. The van der Waals surface area contributed by atoms with Crippen molar-refractivity contribution >= 4 is 17.4 Å². The molecule has 1 aromatic rings. The summed E-state index contributed by atoms with van der Waals surface area (Å²) in [5.74, 6) is 0.668. The van der Waals surface area contributed by atoms with Crippen molar-refractivity contribution in [2.45, 2.75) is 11.1 Å². The van der Waals surface area contributed by atoms with Crippen LogP contribution in [0.2, 0.25) is 0 Å². The molecule has 2 rings (SSSR count). The normalized spacial score (nSPS) is 18.7. The van der Waals surface area contributed by atoms with E-state index in [1.807, 2.05) is 12.1 Å². The quantitative estimate of drug-likeness (QED) is 0.654. The highest BCUT2D eigenvalue weighted by atomic mass is 32.2. The predicted octanol–water partition coefficient (Wildman–Crippen LogP) is 0.0220. The predicted molar refractivity (Wildman–Crippen MR) is 74.7 cm³/mol. The number of hydrogen-bond donors (Lipinski definition) is 3. The topological polar surface area (TPSA) is 74.4 Å². The van der Waals surface area contributed by atoms with Gasteiger partial charge in [0, 0.05) is 38.5 Å². The van der Waals surface area contributed by atoms with Crippen molar-refractivity contribution in [1.29, 1.82) is 0 Å². The molecule has 18 heavy (non-hydrogen) atoms. The highest BCUT2D eigenvalue weighted by Crippen LogP contribution is 2.17. The molecule has 1 saturated heterocycles. The summed E-state index contributed by atoms with van der Waals surface area (Å²) in [4.78, 5) is 6.49. The maximum absolute atomic E-state index is 9.98. The lowest BCUT2D eigenvalue weighted by atomic mass is 10.3. The van der Waals surface area contributed by atoms with Crippen LogP contribution in [0.3, 0.4) is 0 Å². The zero-order valence-electron chi connectivity index (χ0n) is 10.4. The van der Waals surface area contributed by atoms with Gasteiger partial charge in [0.25, 0.3) is 0 Å². The van der Waals surface area contributed by atoms with E-state index in [4.69, 9.17) is 5.73 Å². The van der Waals surface area contributed by atoms with Crippen LogP contribution in [0.5, 0.6) is 0 Å². The number of nitrogens with zero attached hydrogens (tertiary/aromatic N) is 2. The number of β-amino-alcohol motifs (C(OH)–C–C–N with tert-alkyl or cyclic N) is 1. The zero-order valence-corrected chi connectivity index (χ0v) is 11.2. The van der Waals surface area contributed by atoms with Crippen LogP contribution < -0.4 is 11.1 Å². The van der Waals surface area contributed by atoms with Gasteiger partial charge in [-0.25, -0.2) is 4.98 Å². The van der Waals surface area contributed by atoms with Gasteiger partial charge in [-0.3, -0.25) is 4.90 Å². The van der Waals surface area contributed by atoms with Gasteiger partial charge in [-0.15, -0.1) is 11.8 Å². The summed E-state index contributed by atoms with van der Waals surface area (Å²) in [5.41, 5.74) is 6.24. The van der Waals surface area contributed by atoms with Gasteiger partial charge in [-0.1, -0.05) is 0 Å². The highest BCUT2D eigenvalue weighted by Gasteiger charge is 2.14. The van der Waals surface area contributed by atoms with Crippen molar-refractivity contribution in [3.63, 3.8) is 0 Å². The maximum Gasteiger partial charge on any atom is 0.0962 e. The molecule has 0 bridgehead atoms. The van der Waals surface area contributed by atoms with Gasteiger partial charge in [0.2, 0.25) is 0 Å². The molecule has 1 atom stereocenters. The number of anilines is 1. The van der Waals surface area contributed by atoms with Gasteiger partial charge in [0.05, 0.1) is 23.0 Å². The van der Waals surface area contributed by atoms with E-state index in [0.717, 1.165) is 37.7 Å². The third-order valence-electron chi connectivity index (χ3n) is 2.86. The fourth-order valence-corrected chi connectivity index (χ4v) is 2.66. The van der Waals surface area contributed by atoms with E-state index >= 15 is 0 Å². The lowest BCUT2D eigenvalue weighted by Crippen LogP contribution is -2.46. The molecule has 2 heterocycles. The Kier molecular flexibility index (Phi) is 5.25. The minimum absolute atomic E-state index is 0.313. The first kappa shape index (κ1) is 13.6. The summed E-state index contributed by atoms with van der Waals surface area (Å²) in [7, 11) is 0. The Morgan fingerprint density at radius 3 is 2.89 bits per heavy atom. The first-order valence-electron chi connectivity index (χ1n) is 6.19. The van der Waals surface area contributed by atoms with E-state index in [1.165, 1.54) is 0 Å². The molecule has 1 aromatic heterocycles. The van der Waals surface area contributed by atoms with Crippen molar-refractivity contribution in [2.24, 2.45) is 0 Å². The standard InChI is InChI=1S/C12H20N4OS/c13-10-1-2-12(15-7-10)18-9-11(17)8-16-5-3-14-4-6-16/h1-2,7,11,14,17H,3-6,8-9,13H2. The van der Waals surface area contributed by atoms with E-state index in [0.29, 0.717) is 11.4 Å². The molecule has 1 fully saturated rings. The third kappa shape index (κ3) is 4.45. The molecule has 100 valence electrons. The summed E-state index contributed by atoms with van der Waals surface area (Å²) < 4.78 is 0. The Labute approximate surface area is 112 Å². The number of aliphatic hydroxyl groups excluding tert-OH is 1. The van der Waals surface area contributed by atoms with Gasteiger partial charge in [-0.2, -0.15) is 0 Å². The average Bonchev–Trinajstić information content (AvgIpc) is 2.39. The third-order valence-corrected chi connectivity index (χ3v) is 3.95. The lowest BCUT2D eigenvalue weighted by molar-refractivity contribution is 0.121. The number of aromatic nitrogens is 1. The number of thioether (sulfide) groups is 1. The molecule has 6 heteroatoms. The first-order chi connectivity index (χ1) is 8.74. The Morgan fingerprint density at radius 2 is 2.22 bits per heavy atom. The molecule has 0 aromatic carbocycles. The van der Waals surface area contributed by atoms with Gasteiger partial charge in [0.15, 0.2) is 0 Å². The van der Waals surface area contributed by atoms with E-state index in [1.54, 1.807) is 18.0 Å². The summed E-state index contributed by atoms with van der Waals surface area (Å²) in [5, 5.41) is 14.2. The smallest absolute Gasteiger partial charge is 0.0962 e. The van der Waals surface area contributed by atoms with Crippen molar-refractivity contribution in [1.82, 2.24) is 15.2 Å². The molecule has 0 saturated carbocycles. The second-order valence-electron chi connectivity index (χ2n) is 4.45. The van der Waals surface area contributed by atoms with E-state index in [-0.39, 0.29) is 6.10 Å². The zero-order chi connectivity index (χ0) is 12.8. The van der Waals surface area contributed by atoms with Crippen LogP contribution in [0, 0.1) is 0 Å². The summed E-state index contributed by atoms with van der Waals surface area (Å²) >= 11 is 1.57. The number of piperazine rings is 1. The second kappa shape index (κ2) is 6.94. The summed E-state index contributed by atoms with van der Waals surface area (Å²) in [6.45, 7) is 4.80. The molecular weight excluding hydrogens is 248 g/mol. The average molecular weight is 268 g/mol. The van der Waals surface area contributed by atoms with Gasteiger partial charge in [-0.05, 0) is 12.1 Å². The fraction of sp³-hybridized carbons (Fsp3) is 0.583. The van der Waals surface area contributed by atoms with E-state index in [2.05, 4.69) is 15.2 Å². The SMILES string of the molecule is Nc1ccc(SCC(O)CN2CCNCC2)nc1. The molecule has 4 N–H and O–H groups in total. The molecular formula is C12H20N4OS. The van der Waals surface area contributed by atoms with Crippen LogP contribution in [-0.4, -0.2) is 59.6 Å². The number of pyridine rings is 1. The molecule has 0 aliphatic carbocycles. The Bertz CT molecular complexity index is 354. The van der Waals surface area contributed by atoms with Crippen LogP contribution in [0.1, 0.15) is 0 Å². The summed E-state index contributed by atoms with van der Waals surface area (Å²) in [6, 6.07) is 3.72. The van der Waals surface area contributed by atoms with Crippen molar-refractivity contribution in [3.05, 3.63) is 18.3 Å². The van der Waals surface area contributed by atoms with E-state index in [9.17, 15) is 5.11 Å². The van der Waals surface area contributed by atoms with E-state index < -0.39 is 0 Å². The molecule has 1 aliphatic rings. The number of nitrogens with two attached hydrogens (primary N) is 1. The van der Waals surface area contributed by atoms with Gasteiger partial charge < -0.3 is 16.2 Å². The maximum atomic E-state index is 9.98. The van der Waals surface area contributed by atoms with Crippen molar-refractivity contribution in [3.8, 4) is 0 Å². The molecule has 0 amide bonds. The Hall–Kier alpha value is -0.820. The molecule has 5 nitrogen and oxygen atoms in total. The summed E-state index contributed by atoms with van der Waals surface area (Å²) in [6.07, 6.45) is 1.33. The monoisotopic (exact) mass is 268 g/mol. The Morgan fingerprint density at radius 1 is 1.44 bits per heavy atom. The molecule has 0 radical (unpaired) electrons. The lowest BCUT2D eigenvalue weighted by Gasteiger charge is -2.28. The van der Waals surface area contributed by atoms with Crippen LogP contribution in [-0.2, 0) is 0 Å². The number of hydrogen-bond acceptors (Lipinski definition) is 6. The fourth-order valence-electron chi connectivity index (χ4n) is 1.90. The number of nitrogens with one attached hydrogen (secondary N) is 1. The van der Waals surface area contributed by atoms with Gasteiger partial charge in [0.1, 0.15) is 0 Å². The molecule has 1 aliphatic heterocycles. The Balaban J connectivity index is 1.70. The number of nitrogen functional groups attached to an aromatic ring is 1. The number of rotatable bonds is 5. The molecule has 0 spiro atoms. The van der Waals surface area contributed by atoms with Crippen molar-refractivity contribution in [2.75, 3.05) is 44.2 Å². The highest BCUT2D eigenvalue weighted by molar-refractivity contribution is 7.99. The number of aliphatic hydroxyl groups is 1. The minimum atomic E-state index is -0.313. The second-order valence-corrected chi connectivity index (χ2v) is 5.49. The molecule has 1 unspecified atom stereocenters. The van der Waals surface area contributed by atoms with Crippen LogP contribution in [0.4, 0.5) is 5.69 Å². The van der Waals surface area contributed by atoms with Crippen LogP contribution >= 0.6 is 11.8 Å². The largest absolute Gasteiger partial charge is 0.397 e. The van der Waals surface area contributed by atoms with Crippen LogP contribution in [0.25, 0.3) is 0 Å². The van der Waals surface area contributed by atoms with Crippen LogP contribution in [0.15, 0.2) is 23.4 Å². The van der Waals surface area contributed by atoms with Crippen molar-refractivity contribution < 1.29 is 5.11 Å². The van der Waals surface area contributed by atoms with Gasteiger partial charge >= 0.3 is 0 Å². The minimum Gasteiger partial charge on any atom is -0.397 e.